The number of hydrogen-bond acceptors (Lipinski definition) is 1. The van der Waals surface area contributed by atoms with Crippen LogP contribution in [-0.2, 0) is 10.8 Å². The summed E-state index contributed by atoms with van der Waals surface area (Å²) in [5, 5.41) is 5.02. The summed E-state index contributed by atoms with van der Waals surface area (Å²) in [7, 11) is 0. The van der Waals surface area contributed by atoms with Crippen molar-refractivity contribution in [2.24, 2.45) is 0 Å². The molecule has 8 aromatic carbocycles. The van der Waals surface area contributed by atoms with E-state index in [0.717, 1.165) is 12.1 Å². The number of benzene rings is 8. The van der Waals surface area contributed by atoms with E-state index >= 15 is 0 Å². The molecule has 0 amide bonds. The van der Waals surface area contributed by atoms with Gasteiger partial charge in [-0.25, -0.2) is 0 Å². The zero-order valence-electron chi connectivity index (χ0n) is 31.4. The van der Waals surface area contributed by atoms with Gasteiger partial charge in [0.15, 0.2) is 0 Å². The van der Waals surface area contributed by atoms with E-state index in [1.165, 1.54) is 77.3 Å². The lowest BCUT2D eigenvalue weighted by Gasteiger charge is -2.40. The summed E-state index contributed by atoms with van der Waals surface area (Å²) >= 11 is 0. The fourth-order valence-electron chi connectivity index (χ4n) is 10.0. The highest BCUT2D eigenvalue weighted by molar-refractivity contribution is 6.08. The Labute approximate surface area is 324 Å². The molecule has 0 heterocycles. The van der Waals surface area contributed by atoms with E-state index in [9.17, 15) is 0 Å². The summed E-state index contributed by atoms with van der Waals surface area (Å²) in [5.41, 5.74) is 13.6. The molecule has 8 aromatic rings. The Balaban J connectivity index is 1.22. The van der Waals surface area contributed by atoms with Crippen molar-refractivity contribution in [3.05, 3.63) is 234 Å². The molecule has 0 saturated heterocycles. The molecule has 0 aliphatic heterocycles. The van der Waals surface area contributed by atoms with Crippen LogP contribution in [-0.4, -0.2) is 6.04 Å². The van der Waals surface area contributed by atoms with Gasteiger partial charge in [-0.05, 0) is 96.2 Å². The van der Waals surface area contributed by atoms with Crippen molar-refractivity contribution in [3.8, 4) is 11.1 Å². The van der Waals surface area contributed by atoms with Crippen LogP contribution in [0.5, 0.6) is 0 Å². The van der Waals surface area contributed by atoms with Gasteiger partial charge in [0.1, 0.15) is 0 Å². The molecule has 2 aliphatic rings. The van der Waals surface area contributed by atoms with Gasteiger partial charge in [0.05, 0.1) is 11.5 Å². The number of fused-ring (bicyclic) bond motifs is 7. The first-order valence-electron chi connectivity index (χ1n) is 19.5. The first-order valence-corrected chi connectivity index (χ1v) is 19.5. The van der Waals surface area contributed by atoms with Gasteiger partial charge in [0, 0.05) is 16.8 Å². The Morgan fingerprint density at radius 2 is 1.16 bits per heavy atom. The van der Waals surface area contributed by atoms with Crippen molar-refractivity contribution in [2.75, 3.05) is 4.90 Å². The van der Waals surface area contributed by atoms with E-state index in [0.29, 0.717) is 0 Å². The third-order valence-electron chi connectivity index (χ3n) is 12.4. The molecular weight excluding hydrogens is 663 g/mol. The molecule has 0 radical (unpaired) electrons. The Hall–Kier alpha value is -6.44. The molecule has 0 bridgehead atoms. The van der Waals surface area contributed by atoms with Crippen LogP contribution in [0.1, 0.15) is 53.6 Å². The highest BCUT2D eigenvalue weighted by Crippen LogP contribution is 2.56. The van der Waals surface area contributed by atoms with Crippen LogP contribution in [0.2, 0.25) is 0 Å². The maximum Gasteiger partial charge on any atom is 0.0671 e. The quantitative estimate of drug-likeness (QED) is 0.112. The predicted octanol–water partition coefficient (Wildman–Crippen LogP) is 13.8. The highest BCUT2D eigenvalue weighted by Gasteiger charge is 2.46. The van der Waals surface area contributed by atoms with Gasteiger partial charge in [0.25, 0.3) is 0 Å². The maximum absolute atomic E-state index is 4.63. The number of hydrogen-bond donors (Lipinski definition) is 0. The molecule has 0 fully saturated rings. The third kappa shape index (κ3) is 5.00. The fourth-order valence-corrected chi connectivity index (χ4v) is 10.0. The maximum atomic E-state index is 4.63. The minimum atomic E-state index is -0.459. The zero-order valence-corrected chi connectivity index (χ0v) is 31.4. The van der Waals surface area contributed by atoms with Crippen LogP contribution < -0.4 is 4.90 Å². The van der Waals surface area contributed by atoms with Crippen molar-refractivity contribution >= 4 is 39.0 Å². The lowest BCUT2D eigenvalue weighted by molar-refractivity contribution is 0.640. The van der Waals surface area contributed by atoms with Crippen LogP contribution in [0.3, 0.4) is 0 Å². The topological polar surface area (TPSA) is 3.24 Å². The molecule has 0 saturated carbocycles. The van der Waals surface area contributed by atoms with Gasteiger partial charge in [-0.2, -0.15) is 0 Å². The Kier molecular flexibility index (Phi) is 7.75. The second kappa shape index (κ2) is 12.9. The van der Waals surface area contributed by atoms with Crippen LogP contribution in [0.25, 0.3) is 38.7 Å². The van der Waals surface area contributed by atoms with Gasteiger partial charge in [-0.3, -0.25) is 0 Å². The molecule has 0 spiro atoms. The Morgan fingerprint density at radius 3 is 1.91 bits per heavy atom. The van der Waals surface area contributed by atoms with Crippen molar-refractivity contribution in [3.63, 3.8) is 0 Å². The van der Waals surface area contributed by atoms with Gasteiger partial charge >= 0.3 is 0 Å². The second-order valence-electron chi connectivity index (χ2n) is 15.7. The zero-order chi connectivity index (χ0) is 37.1. The summed E-state index contributed by atoms with van der Waals surface area (Å²) in [6, 6.07) is 67.3. The molecule has 10 rings (SSSR count). The van der Waals surface area contributed by atoms with E-state index in [2.05, 4.69) is 219 Å². The number of anilines is 2. The monoisotopic (exact) mass is 705 g/mol. The standard InChI is InChI=1S/C54H43N/c1-4-43(35-42-34-39-19-12-15-27-49(39)54(42,40-20-7-5-8-21-40)41-22-9-6-10-23-41)55(44-33-32-38-31-30-37-18-11-13-24-45(37)48(38)36-44)51-29-17-26-47-46-25-14-16-28-50(46)53(2,3)52(47)51/h4-34,36,43H,1,35H2,2-3H3. The van der Waals surface area contributed by atoms with Gasteiger partial charge in [-0.1, -0.05) is 190 Å². The first kappa shape index (κ1) is 33.2. The smallest absolute Gasteiger partial charge is 0.0671 e. The molecule has 264 valence electrons. The van der Waals surface area contributed by atoms with E-state index in [-0.39, 0.29) is 11.5 Å². The SMILES string of the molecule is C=CC(CC1=Cc2ccccc2C1(c1ccccc1)c1ccccc1)N(c1ccc2ccc3ccccc3c2c1)c1cccc2c1C(C)(C)c1ccccc1-2. The lowest BCUT2D eigenvalue weighted by atomic mass is 9.65. The molecule has 55 heavy (non-hydrogen) atoms. The average Bonchev–Trinajstić information content (AvgIpc) is 3.70. The minimum absolute atomic E-state index is 0.0780. The predicted molar refractivity (Wildman–Crippen MR) is 233 cm³/mol. The van der Waals surface area contributed by atoms with E-state index in [4.69, 9.17) is 0 Å². The van der Waals surface area contributed by atoms with Crippen molar-refractivity contribution in [1.29, 1.82) is 0 Å². The summed E-state index contributed by atoms with van der Waals surface area (Å²) < 4.78 is 0. The molecule has 1 atom stereocenters. The van der Waals surface area contributed by atoms with Crippen LogP contribution in [0.15, 0.2) is 200 Å². The van der Waals surface area contributed by atoms with E-state index < -0.39 is 5.41 Å². The average molecular weight is 706 g/mol. The van der Waals surface area contributed by atoms with Gasteiger partial charge < -0.3 is 4.90 Å². The van der Waals surface area contributed by atoms with Crippen LogP contribution >= 0.6 is 0 Å². The molecule has 0 N–H and O–H groups in total. The van der Waals surface area contributed by atoms with Crippen molar-refractivity contribution < 1.29 is 0 Å². The molecule has 1 nitrogen and oxygen atoms in total. The van der Waals surface area contributed by atoms with E-state index in [1.54, 1.807) is 0 Å². The third-order valence-corrected chi connectivity index (χ3v) is 12.4. The second-order valence-corrected chi connectivity index (χ2v) is 15.7. The first-order chi connectivity index (χ1) is 27.0. The van der Waals surface area contributed by atoms with Gasteiger partial charge in [0.2, 0.25) is 0 Å². The summed E-state index contributed by atoms with van der Waals surface area (Å²) in [4.78, 5) is 2.60. The Morgan fingerprint density at radius 1 is 0.564 bits per heavy atom. The fraction of sp³-hybridized carbons (Fsp3) is 0.111. The van der Waals surface area contributed by atoms with Crippen LogP contribution in [0, 0.1) is 0 Å². The van der Waals surface area contributed by atoms with Crippen molar-refractivity contribution in [1.82, 2.24) is 0 Å². The molecular formula is C54H43N. The molecule has 1 heteroatoms. The number of nitrogens with zero attached hydrogens (tertiary/aromatic N) is 1. The summed E-state index contributed by atoms with van der Waals surface area (Å²) in [6.45, 7) is 9.41. The van der Waals surface area contributed by atoms with Crippen molar-refractivity contribution in [2.45, 2.75) is 37.1 Å². The van der Waals surface area contributed by atoms with Gasteiger partial charge in [-0.15, -0.1) is 6.58 Å². The normalized spacial score (nSPS) is 15.2. The summed E-state index contributed by atoms with van der Waals surface area (Å²) in [5.74, 6) is 0. The van der Waals surface area contributed by atoms with Crippen LogP contribution in [0.4, 0.5) is 11.4 Å². The highest BCUT2D eigenvalue weighted by atomic mass is 15.2. The summed E-state index contributed by atoms with van der Waals surface area (Å²) in [6.07, 6.45) is 5.42. The molecule has 0 aromatic heterocycles. The minimum Gasteiger partial charge on any atom is -0.334 e. The largest absolute Gasteiger partial charge is 0.334 e. The van der Waals surface area contributed by atoms with E-state index in [1.807, 2.05) is 0 Å². The molecule has 1 unspecified atom stereocenters. The Bertz CT molecular complexity index is 2750. The molecule has 2 aliphatic carbocycles. The lowest BCUT2D eigenvalue weighted by Crippen LogP contribution is -2.36. The number of rotatable bonds is 8.